The first-order valence-corrected chi connectivity index (χ1v) is 4.11. The topological polar surface area (TPSA) is 6.48 Å². The second-order valence-corrected chi connectivity index (χ2v) is 4.13. The summed E-state index contributed by atoms with van der Waals surface area (Å²) in [5, 5.41) is 0. The minimum absolute atomic E-state index is 1.18. The molecule has 0 spiro atoms. The first-order valence-electron chi connectivity index (χ1n) is 3.14. The van der Waals surface area contributed by atoms with Crippen LogP contribution in [-0.4, -0.2) is 42.2 Å². The van der Waals surface area contributed by atoms with Gasteiger partial charge in [0.2, 0.25) is 0 Å². The Morgan fingerprint density at radius 1 is 1.11 bits per heavy atom. The molecular weight excluding hydrogens is 227 g/mol. The molecule has 0 aliphatic rings. The van der Waals surface area contributed by atoms with Crippen LogP contribution in [0.4, 0.5) is 0 Å². The molecule has 0 fully saturated rings. The summed E-state index contributed by atoms with van der Waals surface area (Å²) in [6.45, 7) is 2.37. The number of hydrogen-bond acceptors (Lipinski definition) is 2. The van der Waals surface area contributed by atoms with Gasteiger partial charge in [-0.05, 0) is 34.1 Å². The van der Waals surface area contributed by atoms with Gasteiger partial charge in [-0.3, -0.25) is 3.11 Å². The SMILES string of the molecule is CN(C)CCCN(C)I. The predicted molar refractivity (Wildman–Crippen MR) is 49.8 cm³/mol. The van der Waals surface area contributed by atoms with Crippen LogP contribution in [0.3, 0.4) is 0 Å². The molecule has 0 aromatic carbocycles. The Bertz CT molecular complexity index is 56.1. The Morgan fingerprint density at radius 2 is 1.67 bits per heavy atom. The fraction of sp³-hybridized carbons (Fsp3) is 1.00. The molecule has 0 saturated carbocycles. The van der Waals surface area contributed by atoms with E-state index in [0.717, 1.165) is 0 Å². The van der Waals surface area contributed by atoms with Crippen molar-refractivity contribution in [3.05, 3.63) is 0 Å². The van der Waals surface area contributed by atoms with E-state index in [0.29, 0.717) is 0 Å². The molecule has 0 aromatic heterocycles. The van der Waals surface area contributed by atoms with E-state index in [2.05, 4.69) is 52.0 Å². The Labute approximate surface area is 71.7 Å². The maximum Gasteiger partial charge on any atom is 0.0198 e. The number of rotatable bonds is 4. The van der Waals surface area contributed by atoms with Crippen molar-refractivity contribution >= 4 is 22.9 Å². The molecule has 0 aliphatic heterocycles. The van der Waals surface area contributed by atoms with E-state index in [9.17, 15) is 0 Å². The van der Waals surface area contributed by atoms with Gasteiger partial charge in [-0.2, -0.15) is 0 Å². The van der Waals surface area contributed by atoms with Gasteiger partial charge in [0.05, 0.1) is 0 Å². The highest BCUT2D eigenvalue weighted by molar-refractivity contribution is 14.1. The van der Waals surface area contributed by atoms with Crippen molar-refractivity contribution in [2.24, 2.45) is 0 Å². The lowest BCUT2D eigenvalue weighted by Gasteiger charge is -2.10. The van der Waals surface area contributed by atoms with Crippen molar-refractivity contribution in [2.45, 2.75) is 6.42 Å². The van der Waals surface area contributed by atoms with Crippen LogP contribution in [0, 0.1) is 0 Å². The Kier molecular flexibility index (Phi) is 5.83. The molecule has 0 N–H and O–H groups in total. The Hall–Kier alpha value is 0.650. The minimum Gasteiger partial charge on any atom is -0.309 e. The summed E-state index contributed by atoms with van der Waals surface area (Å²) in [6, 6.07) is 0. The van der Waals surface area contributed by atoms with Crippen molar-refractivity contribution in [1.29, 1.82) is 0 Å². The molecule has 9 heavy (non-hydrogen) atoms. The third-order valence-corrected chi connectivity index (χ3v) is 1.55. The van der Waals surface area contributed by atoms with E-state index in [1.165, 1.54) is 19.5 Å². The van der Waals surface area contributed by atoms with Crippen molar-refractivity contribution < 1.29 is 0 Å². The Balaban J connectivity index is 2.91. The van der Waals surface area contributed by atoms with Gasteiger partial charge in [0.1, 0.15) is 0 Å². The van der Waals surface area contributed by atoms with Crippen LogP contribution in [-0.2, 0) is 0 Å². The molecule has 0 rings (SSSR count). The standard InChI is InChI=1S/C6H15IN2/c1-8(2)5-4-6-9(3)7/h4-6H2,1-3H3. The zero-order valence-electron chi connectivity index (χ0n) is 6.39. The lowest BCUT2D eigenvalue weighted by molar-refractivity contribution is 0.385. The van der Waals surface area contributed by atoms with Crippen LogP contribution in [0.2, 0.25) is 0 Å². The average Bonchev–Trinajstić information content (AvgIpc) is 1.63. The number of halogens is 1. The second kappa shape index (κ2) is 5.44. The van der Waals surface area contributed by atoms with Crippen molar-refractivity contribution in [3.63, 3.8) is 0 Å². The first-order chi connectivity index (χ1) is 4.13. The maximum absolute atomic E-state index is 2.30. The van der Waals surface area contributed by atoms with Gasteiger partial charge in [0, 0.05) is 29.4 Å². The fourth-order valence-electron chi connectivity index (χ4n) is 0.605. The van der Waals surface area contributed by atoms with Crippen LogP contribution in [0.25, 0.3) is 0 Å². The van der Waals surface area contributed by atoms with E-state index in [1.807, 2.05) is 0 Å². The van der Waals surface area contributed by atoms with Gasteiger partial charge in [-0.15, -0.1) is 0 Å². The van der Waals surface area contributed by atoms with Crippen molar-refractivity contribution in [3.8, 4) is 0 Å². The van der Waals surface area contributed by atoms with Crippen LogP contribution in [0.5, 0.6) is 0 Å². The lowest BCUT2D eigenvalue weighted by atomic mass is 10.4. The van der Waals surface area contributed by atoms with Gasteiger partial charge in [-0.25, -0.2) is 0 Å². The zero-order valence-corrected chi connectivity index (χ0v) is 8.55. The van der Waals surface area contributed by atoms with E-state index < -0.39 is 0 Å². The zero-order chi connectivity index (χ0) is 7.28. The summed E-state index contributed by atoms with van der Waals surface area (Å²) >= 11 is 2.30. The monoisotopic (exact) mass is 242 g/mol. The summed E-state index contributed by atoms with van der Waals surface area (Å²) in [6.07, 6.45) is 1.26. The maximum atomic E-state index is 2.30. The first kappa shape index (κ1) is 9.65. The molecule has 0 aromatic rings. The summed E-state index contributed by atoms with van der Waals surface area (Å²) in [5.74, 6) is 0. The van der Waals surface area contributed by atoms with Crippen LogP contribution < -0.4 is 0 Å². The van der Waals surface area contributed by atoms with Crippen LogP contribution in [0.15, 0.2) is 0 Å². The van der Waals surface area contributed by atoms with Crippen LogP contribution >= 0.6 is 22.9 Å². The van der Waals surface area contributed by atoms with Crippen LogP contribution in [0.1, 0.15) is 6.42 Å². The Morgan fingerprint density at radius 3 is 2.00 bits per heavy atom. The molecule has 3 heteroatoms. The van der Waals surface area contributed by atoms with Gasteiger partial charge in [0.15, 0.2) is 0 Å². The molecule has 56 valence electrons. The van der Waals surface area contributed by atoms with E-state index >= 15 is 0 Å². The normalized spacial score (nSPS) is 11.3. The quantitative estimate of drug-likeness (QED) is 0.540. The highest BCUT2D eigenvalue weighted by Gasteiger charge is 1.92. The van der Waals surface area contributed by atoms with Gasteiger partial charge >= 0.3 is 0 Å². The molecule has 2 nitrogen and oxygen atoms in total. The van der Waals surface area contributed by atoms with E-state index in [4.69, 9.17) is 0 Å². The third kappa shape index (κ3) is 8.65. The molecule has 0 radical (unpaired) electrons. The largest absolute Gasteiger partial charge is 0.309 e. The smallest absolute Gasteiger partial charge is 0.0198 e. The average molecular weight is 242 g/mol. The van der Waals surface area contributed by atoms with Gasteiger partial charge in [0.25, 0.3) is 0 Å². The molecule has 0 bridgehead atoms. The molecule has 0 unspecified atom stereocenters. The number of nitrogens with zero attached hydrogens (tertiary/aromatic N) is 2. The minimum atomic E-state index is 1.18. The van der Waals surface area contributed by atoms with Gasteiger partial charge in [-0.1, -0.05) is 0 Å². The predicted octanol–water partition coefficient (Wildman–Crippen LogP) is 1.22. The number of hydrogen-bond donors (Lipinski definition) is 0. The lowest BCUT2D eigenvalue weighted by Crippen LogP contribution is -2.17. The molecule has 0 saturated heterocycles. The molecule has 0 aliphatic carbocycles. The fourth-order valence-corrected chi connectivity index (χ4v) is 0.946. The second-order valence-electron chi connectivity index (χ2n) is 2.49. The van der Waals surface area contributed by atoms with E-state index in [-0.39, 0.29) is 0 Å². The van der Waals surface area contributed by atoms with Crippen molar-refractivity contribution in [2.75, 3.05) is 34.2 Å². The molecular formula is C6H15IN2. The van der Waals surface area contributed by atoms with E-state index in [1.54, 1.807) is 0 Å². The van der Waals surface area contributed by atoms with Crippen molar-refractivity contribution in [1.82, 2.24) is 8.01 Å². The van der Waals surface area contributed by atoms with Gasteiger partial charge < -0.3 is 4.90 Å². The molecule has 0 amide bonds. The molecule has 0 heterocycles. The summed E-state index contributed by atoms with van der Waals surface area (Å²) in [5.41, 5.74) is 0. The summed E-state index contributed by atoms with van der Waals surface area (Å²) in [4.78, 5) is 2.21. The summed E-state index contributed by atoms with van der Waals surface area (Å²) in [7, 11) is 6.30. The summed E-state index contributed by atoms with van der Waals surface area (Å²) < 4.78 is 2.18. The molecule has 0 atom stereocenters. The third-order valence-electron chi connectivity index (χ3n) is 1.07. The highest BCUT2D eigenvalue weighted by atomic mass is 127. The highest BCUT2D eigenvalue weighted by Crippen LogP contribution is 1.94.